The first-order valence-electron chi connectivity index (χ1n) is 11.6. The molecule has 9 heteroatoms. The van der Waals surface area contributed by atoms with Gasteiger partial charge in [-0.25, -0.2) is 13.8 Å². The van der Waals surface area contributed by atoms with Crippen molar-refractivity contribution < 1.29 is 13.6 Å². The number of nitrogens with two attached hydrogens (primary N) is 1. The average Bonchev–Trinajstić information content (AvgIpc) is 2.92. The highest BCUT2D eigenvalue weighted by atomic mass is 19.1. The van der Waals surface area contributed by atoms with E-state index in [2.05, 4.69) is 20.6 Å². The summed E-state index contributed by atoms with van der Waals surface area (Å²) in [4.78, 5) is 21.7. The molecule has 4 rings (SSSR count). The van der Waals surface area contributed by atoms with Crippen LogP contribution in [-0.2, 0) is 19.5 Å². The van der Waals surface area contributed by atoms with E-state index in [9.17, 15) is 14.4 Å². The number of anilines is 1. The lowest BCUT2D eigenvalue weighted by Gasteiger charge is -2.15. The molecule has 1 amide bonds. The first-order valence-corrected chi connectivity index (χ1v) is 11.6. The van der Waals surface area contributed by atoms with Gasteiger partial charge in [0.1, 0.15) is 23.1 Å². The quantitative estimate of drug-likeness (QED) is 0.316. The van der Waals surface area contributed by atoms with E-state index in [0.29, 0.717) is 24.2 Å². The van der Waals surface area contributed by atoms with Crippen molar-refractivity contribution >= 4 is 11.7 Å². The molecular weight excluding hydrogens is 474 g/mol. The monoisotopic (exact) mass is 498 g/mol. The molecule has 4 N–H and O–H groups in total. The number of amides is 1. The SMILES string of the molecule is N#Cc1ccccc1-c1nc(NCCc2cccc(F)c2)c(C(=O)NCc2cccnc2CN)cc1F. The molecule has 2 aromatic carbocycles. The number of halogens is 2. The van der Waals surface area contributed by atoms with E-state index < -0.39 is 11.7 Å². The van der Waals surface area contributed by atoms with Crippen molar-refractivity contribution in [2.75, 3.05) is 11.9 Å². The molecule has 0 aliphatic heterocycles. The van der Waals surface area contributed by atoms with E-state index in [1.54, 1.807) is 54.7 Å². The number of pyridine rings is 2. The van der Waals surface area contributed by atoms with Crippen molar-refractivity contribution in [3.8, 4) is 17.3 Å². The summed E-state index contributed by atoms with van der Waals surface area (Å²) in [5.74, 6) is -1.50. The summed E-state index contributed by atoms with van der Waals surface area (Å²) in [5.41, 5.74) is 8.37. The van der Waals surface area contributed by atoms with Crippen LogP contribution in [0.25, 0.3) is 11.3 Å². The fourth-order valence-electron chi connectivity index (χ4n) is 3.88. The first kappa shape index (κ1) is 25.4. The number of carbonyl (C=O) groups is 1. The summed E-state index contributed by atoms with van der Waals surface area (Å²) >= 11 is 0. The van der Waals surface area contributed by atoms with Crippen molar-refractivity contribution in [1.82, 2.24) is 15.3 Å². The van der Waals surface area contributed by atoms with Crippen LogP contribution in [0.5, 0.6) is 0 Å². The van der Waals surface area contributed by atoms with Crippen LogP contribution < -0.4 is 16.4 Å². The van der Waals surface area contributed by atoms with Crippen molar-refractivity contribution in [3.63, 3.8) is 0 Å². The van der Waals surface area contributed by atoms with Gasteiger partial charge in [0.05, 0.1) is 22.9 Å². The Hall–Kier alpha value is -4.68. The Morgan fingerprint density at radius 1 is 1.05 bits per heavy atom. The largest absolute Gasteiger partial charge is 0.369 e. The molecular formula is C28H24F2N6O. The van der Waals surface area contributed by atoms with Crippen LogP contribution in [0.2, 0.25) is 0 Å². The molecule has 2 heterocycles. The summed E-state index contributed by atoms with van der Waals surface area (Å²) in [5, 5.41) is 15.3. The normalized spacial score (nSPS) is 10.5. The number of nitrogens with one attached hydrogen (secondary N) is 2. The third-order valence-electron chi connectivity index (χ3n) is 5.74. The second-order valence-electron chi connectivity index (χ2n) is 8.18. The van der Waals surface area contributed by atoms with E-state index in [1.807, 2.05) is 6.07 Å². The summed E-state index contributed by atoms with van der Waals surface area (Å²) in [6.07, 6.45) is 2.06. The van der Waals surface area contributed by atoms with Gasteiger partial charge in [-0.15, -0.1) is 0 Å². The maximum Gasteiger partial charge on any atom is 0.255 e. The topological polar surface area (TPSA) is 117 Å². The third kappa shape index (κ3) is 6.12. The van der Waals surface area contributed by atoms with Gasteiger partial charge in [-0.05, 0) is 47.9 Å². The molecule has 0 aliphatic carbocycles. The van der Waals surface area contributed by atoms with Crippen molar-refractivity contribution in [1.29, 1.82) is 5.26 Å². The van der Waals surface area contributed by atoms with Crippen LogP contribution in [0.1, 0.15) is 32.7 Å². The molecule has 0 atom stereocenters. The number of hydrogen-bond donors (Lipinski definition) is 3. The van der Waals surface area contributed by atoms with Crippen LogP contribution >= 0.6 is 0 Å². The highest BCUT2D eigenvalue weighted by molar-refractivity contribution is 5.99. The number of rotatable bonds is 9. The maximum absolute atomic E-state index is 15.3. The van der Waals surface area contributed by atoms with Gasteiger partial charge in [0.15, 0.2) is 0 Å². The van der Waals surface area contributed by atoms with Gasteiger partial charge in [0.2, 0.25) is 0 Å². The molecule has 0 saturated heterocycles. The highest BCUT2D eigenvalue weighted by Gasteiger charge is 2.20. The molecule has 0 aliphatic rings. The lowest BCUT2D eigenvalue weighted by Crippen LogP contribution is -2.26. The van der Waals surface area contributed by atoms with Gasteiger partial charge in [-0.2, -0.15) is 5.26 Å². The molecule has 0 spiro atoms. The molecule has 186 valence electrons. The molecule has 7 nitrogen and oxygen atoms in total. The van der Waals surface area contributed by atoms with Crippen molar-refractivity contribution in [2.24, 2.45) is 5.73 Å². The van der Waals surface area contributed by atoms with Crippen LogP contribution in [0.15, 0.2) is 72.9 Å². The Bertz CT molecular complexity index is 1470. The Balaban J connectivity index is 1.64. The molecule has 0 saturated carbocycles. The van der Waals surface area contributed by atoms with Crippen LogP contribution in [-0.4, -0.2) is 22.4 Å². The van der Waals surface area contributed by atoms with E-state index in [1.165, 1.54) is 12.1 Å². The first-order chi connectivity index (χ1) is 18.0. The predicted octanol–water partition coefficient (Wildman–Crippen LogP) is 4.34. The fourth-order valence-corrected chi connectivity index (χ4v) is 3.88. The Morgan fingerprint density at radius 2 is 1.89 bits per heavy atom. The highest BCUT2D eigenvalue weighted by Crippen LogP contribution is 2.28. The number of hydrogen-bond acceptors (Lipinski definition) is 6. The van der Waals surface area contributed by atoms with Crippen LogP contribution in [0, 0.1) is 23.0 Å². The summed E-state index contributed by atoms with van der Waals surface area (Å²) in [6.45, 7) is 0.659. The Kier molecular flexibility index (Phi) is 8.13. The lowest BCUT2D eigenvalue weighted by atomic mass is 10.0. The fraction of sp³-hybridized carbons (Fsp3) is 0.143. The van der Waals surface area contributed by atoms with Crippen LogP contribution in [0.4, 0.5) is 14.6 Å². The molecule has 0 unspecified atom stereocenters. The number of aromatic nitrogens is 2. The molecule has 37 heavy (non-hydrogen) atoms. The Morgan fingerprint density at radius 3 is 2.68 bits per heavy atom. The number of nitriles is 1. The van der Waals surface area contributed by atoms with Crippen LogP contribution in [0.3, 0.4) is 0 Å². The van der Waals surface area contributed by atoms with Gasteiger partial charge < -0.3 is 16.4 Å². The van der Waals surface area contributed by atoms with E-state index in [4.69, 9.17) is 5.73 Å². The molecule has 0 radical (unpaired) electrons. The van der Waals surface area contributed by atoms with Gasteiger partial charge in [0.25, 0.3) is 5.91 Å². The van der Waals surface area contributed by atoms with Crippen molar-refractivity contribution in [2.45, 2.75) is 19.5 Å². The summed E-state index contributed by atoms with van der Waals surface area (Å²) in [6, 6.07) is 19.4. The lowest BCUT2D eigenvalue weighted by molar-refractivity contribution is 0.0951. The molecule has 0 bridgehead atoms. The second kappa shape index (κ2) is 11.8. The number of carbonyl (C=O) groups excluding carboxylic acids is 1. The predicted molar refractivity (Wildman–Crippen MR) is 136 cm³/mol. The smallest absolute Gasteiger partial charge is 0.255 e. The Labute approximate surface area is 213 Å². The second-order valence-corrected chi connectivity index (χ2v) is 8.18. The van der Waals surface area contributed by atoms with E-state index >= 15 is 4.39 Å². The van der Waals surface area contributed by atoms with Gasteiger partial charge in [-0.1, -0.05) is 36.4 Å². The summed E-state index contributed by atoms with van der Waals surface area (Å²) in [7, 11) is 0. The van der Waals surface area contributed by atoms with Gasteiger partial charge in [-0.3, -0.25) is 9.78 Å². The van der Waals surface area contributed by atoms with Gasteiger partial charge >= 0.3 is 0 Å². The minimum absolute atomic E-state index is 0.00637. The molecule has 2 aromatic heterocycles. The average molecular weight is 499 g/mol. The van der Waals surface area contributed by atoms with Crippen molar-refractivity contribution in [3.05, 3.63) is 113 Å². The standard InChI is InChI=1S/C28H24F2N6O/c29-21-8-3-5-18(13-21)10-12-34-27-23(28(37)35-17-20-7-4-11-33-25(20)16-32)14-24(30)26(36-27)22-9-2-1-6-19(22)15-31/h1-9,11,13-14H,10,12,16-17,32H2,(H,34,36)(H,35,37). The summed E-state index contributed by atoms with van der Waals surface area (Å²) < 4.78 is 28.8. The molecule has 0 fully saturated rings. The number of benzene rings is 2. The minimum Gasteiger partial charge on any atom is -0.369 e. The third-order valence-corrected chi connectivity index (χ3v) is 5.74. The van der Waals surface area contributed by atoms with E-state index in [0.717, 1.165) is 17.2 Å². The zero-order chi connectivity index (χ0) is 26.2. The van der Waals surface area contributed by atoms with Gasteiger partial charge in [0, 0.05) is 31.4 Å². The zero-order valence-electron chi connectivity index (χ0n) is 19.8. The maximum atomic E-state index is 15.3. The van der Waals surface area contributed by atoms with E-state index in [-0.39, 0.29) is 41.5 Å². The zero-order valence-corrected chi connectivity index (χ0v) is 19.8. The minimum atomic E-state index is -0.743. The number of nitrogens with zero attached hydrogens (tertiary/aromatic N) is 3. The molecule has 4 aromatic rings.